The van der Waals surface area contributed by atoms with Crippen LogP contribution in [0.25, 0.3) is 0 Å². The second-order valence-electron chi connectivity index (χ2n) is 9.36. The molecule has 0 amide bonds. The van der Waals surface area contributed by atoms with Gasteiger partial charge in [0.1, 0.15) is 5.82 Å². The van der Waals surface area contributed by atoms with E-state index in [1.807, 2.05) is 0 Å². The standard InChI is InChI=1S/C23H28FN3O4S.C2HF3O2/c24-18-5-8-20(9-6-18)32(30,31)25-19-7-10-22(21(14-19)23(28)29)27-13-3-4-17(16-27)15-26-11-1-2-12-26;3-2(4,5)1(6)7/h5-10,14,17,25H,1-4,11-13,15-16H2,(H,28,29);(H,6,7). The molecule has 2 aliphatic heterocycles. The molecule has 0 radical (unpaired) electrons. The number of hydrogen-bond acceptors (Lipinski definition) is 6. The lowest BCUT2D eigenvalue weighted by Gasteiger charge is -2.36. The van der Waals surface area contributed by atoms with Gasteiger partial charge in [-0.25, -0.2) is 22.4 Å². The van der Waals surface area contributed by atoms with Crippen molar-refractivity contribution >= 4 is 33.3 Å². The van der Waals surface area contributed by atoms with Crippen LogP contribution in [0.4, 0.5) is 28.9 Å². The Bertz CT molecular complexity index is 1270. The van der Waals surface area contributed by atoms with Crippen LogP contribution in [-0.4, -0.2) is 74.4 Å². The van der Waals surface area contributed by atoms with Crippen LogP contribution >= 0.6 is 0 Å². The number of carboxylic acids is 2. The average molecular weight is 576 g/mol. The second-order valence-corrected chi connectivity index (χ2v) is 11.0. The van der Waals surface area contributed by atoms with E-state index >= 15 is 0 Å². The topological polar surface area (TPSA) is 127 Å². The lowest BCUT2D eigenvalue weighted by Crippen LogP contribution is -2.41. The summed E-state index contributed by atoms with van der Waals surface area (Å²) in [5, 5.41) is 16.9. The third kappa shape index (κ3) is 8.55. The maximum absolute atomic E-state index is 13.1. The number of anilines is 2. The van der Waals surface area contributed by atoms with Gasteiger partial charge in [-0.2, -0.15) is 13.2 Å². The lowest BCUT2D eigenvalue weighted by molar-refractivity contribution is -0.192. The van der Waals surface area contributed by atoms with Gasteiger partial charge in [0.2, 0.25) is 0 Å². The Balaban J connectivity index is 0.000000532. The molecule has 0 spiro atoms. The van der Waals surface area contributed by atoms with Crippen molar-refractivity contribution in [3.05, 3.63) is 53.8 Å². The number of rotatable bonds is 7. The molecule has 2 saturated heterocycles. The zero-order chi connectivity index (χ0) is 28.8. The number of benzene rings is 2. The summed E-state index contributed by atoms with van der Waals surface area (Å²) in [4.78, 5) is 25.4. The Hall–Kier alpha value is -3.39. The van der Waals surface area contributed by atoms with Crippen molar-refractivity contribution in [3.63, 3.8) is 0 Å². The van der Waals surface area contributed by atoms with Gasteiger partial charge in [-0.05, 0) is 87.2 Å². The molecule has 2 aromatic rings. The molecule has 3 N–H and O–H groups in total. The van der Waals surface area contributed by atoms with Gasteiger partial charge >= 0.3 is 18.1 Å². The molecule has 1 atom stereocenters. The van der Waals surface area contributed by atoms with Crippen LogP contribution in [0, 0.1) is 11.7 Å². The normalized spacial score (nSPS) is 18.3. The number of aromatic carboxylic acids is 1. The van der Waals surface area contributed by atoms with E-state index in [0.29, 0.717) is 11.6 Å². The van der Waals surface area contributed by atoms with Gasteiger partial charge in [-0.15, -0.1) is 0 Å². The quantitative estimate of drug-likeness (QED) is 0.418. The molecule has 0 aliphatic carbocycles. The monoisotopic (exact) mass is 575 g/mol. The van der Waals surface area contributed by atoms with Crippen molar-refractivity contribution in [2.24, 2.45) is 5.92 Å². The zero-order valence-electron chi connectivity index (χ0n) is 20.8. The largest absolute Gasteiger partial charge is 0.490 e. The molecule has 1 unspecified atom stereocenters. The Morgan fingerprint density at radius 1 is 0.974 bits per heavy atom. The number of halogens is 4. The number of nitrogens with zero attached hydrogens (tertiary/aromatic N) is 2. The van der Waals surface area contributed by atoms with Crippen LogP contribution < -0.4 is 9.62 Å². The highest BCUT2D eigenvalue weighted by Crippen LogP contribution is 2.30. The van der Waals surface area contributed by atoms with Crippen LogP contribution in [-0.2, 0) is 14.8 Å². The van der Waals surface area contributed by atoms with Crippen molar-refractivity contribution in [1.82, 2.24) is 4.90 Å². The summed E-state index contributed by atoms with van der Waals surface area (Å²) in [6.45, 7) is 4.88. The minimum atomic E-state index is -5.08. The van der Waals surface area contributed by atoms with E-state index < -0.39 is 34.0 Å². The van der Waals surface area contributed by atoms with E-state index in [2.05, 4.69) is 14.5 Å². The van der Waals surface area contributed by atoms with Crippen molar-refractivity contribution in [3.8, 4) is 0 Å². The van der Waals surface area contributed by atoms with Crippen molar-refractivity contribution in [2.75, 3.05) is 42.3 Å². The summed E-state index contributed by atoms with van der Waals surface area (Å²) < 4.78 is 72.4. The molecule has 0 aromatic heterocycles. The second kappa shape index (κ2) is 12.6. The molecule has 0 saturated carbocycles. The zero-order valence-corrected chi connectivity index (χ0v) is 21.6. The van der Waals surface area contributed by atoms with Gasteiger partial charge in [-0.3, -0.25) is 4.72 Å². The maximum atomic E-state index is 13.1. The fraction of sp³-hybridized carbons (Fsp3) is 0.440. The number of aliphatic carboxylic acids is 1. The lowest BCUT2D eigenvalue weighted by atomic mass is 9.96. The van der Waals surface area contributed by atoms with Crippen LogP contribution in [0.15, 0.2) is 47.4 Å². The number of hydrogen-bond donors (Lipinski definition) is 3. The molecule has 4 rings (SSSR count). The first-order valence-corrected chi connectivity index (χ1v) is 13.7. The fourth-order valence-corrected chi connectivity index (χ4v) is 5.69. The highest BCUT2D eigenvalue weighted by atomic mass is 32.2. The van der Waals surface area contributed by atoms with Crippen LogP contribution in [0.5, 0.6) is 0 Å². The van der Waals surface area contributed by atoms with Crippen molar-refractivity contribution < 1.29 is 45.8 Å². The van der Waals surface area contributed by atoms with Crippen LogP contribution in [0.2, 0.25) is 0 Å². The summed E-state index contributed by atoms with van der Waals surface area (Å²) in [5.41, 5.74) is 0.820. The van der Waals surface area contributed by atoms with E-state index in [-0.39, 0.29) is 16.1 Å². The first-order chi connectivity index (χ1) is 18.3. The summed E-state index contributed by atoms with van der Waals surface area (Å²) in [6, 6.07) is 9.06. The first-order valence-electron chi connectivity index (χ1n) is 12.2. The molecule has 0 bridgehead atoms. The molecule has 2 aliphatic rings. The van der Waals surface area contributed by atoms with E-state index in [0.717, 1.165) is 57.7 Å². The predicted octanol–water partition coefficient (Wildman–Crippen LogP) is 4.27. The summed E-state index contributed by atoms with van der Waals surface area (Å²) >= 11 is 0. The SMILES string of the molecule is O=C(O)C(F)(F)F.O=C(O)c1cc(NS(=O)(=O)c2ccc(F)cc2)ccc1N1CCCC(CN2CCCC2)C1. The van der Waals surface area contributed by atoms with E-state index in [9.17, 15) is 35.9 Å². The number of alkyl halides is 3. The minimum absolute atomic E-state index is 0.0612. The molecule has 214 valence electrons. The Morgan fingerprint density at radius 3 is 2.15 bits per heavy atom. The predicted molar refractivity (Wildman–Crippen MR) is 135 cm³/mol. The third-order valence-electron chi connectivity index (χ3n) is 6.42. The number of carboxylic acid groups (broad SMARTS) is 2. The number of carbonyl (C=O) groups is 2. The summed E-state index contributed by atoms with van der Waals surface area (Å²) in [5.74, 6) is -3.91. The van der Waals surface area contributed by atoms with E-state index in [4.69, 9.17) is 9.90 Å². The number of piperidine rings is 1. The Labute approximate surface area is 223 Å². The van der Waals surface area contributed by atoms with E-state index in [1.54, 1.807) is 12.1 Å². The Kier molecular flexibility index (Phi) is 9.78. The number of nitrogens with one attached hydrogen (secondary N) is 1. The van der Waals surface area contributed by atoms with Gasteiger partial charge in [0.25, 0.3) is 10.0 Å². The smallest absolute Gasteiger partial charge is 0.478 e. The highest BCUT2D eigenvalue weighted by Gasteiger charge is 2.38. The molecule has 9 nitrogen and oxygen atoms in total. The molecular formula is C25H29F4N3O6S. The summed E-state index contributed by atoms with van der Waals surface area (Å²) in [7, 11) is -3.96. The maximum Gasteiger partial charge on any atom is 0.490 e. The molecule has 39 heavy (non-hydrogen) atoms. The molecular weight excluding hydrogens is 546 g/mol. The van der Waals surface area contributed by atoms with E-state index in [1.165, 1.54) is 31.0 Å². The molecule has 2 aromatic carbocycles. The first kappa shape index (κ1) is 30.2. The Morgan fingerprint density at radius 2 is 1.59 bits per heavy atom. The van der Waals surface area contributed by atoms with Gasteiger partial charge in [-0.1, -0.05) is 0 Å². The summed E-state index contributed by atoms with van der Waals surface area (Å²) in [6.07, 6.45) is -0.467. The van der Waals surface area contributed by atoms with Crippen molar-refractivity contribution in [2.45, 2.75) is 36.8 Å². The highest BCUT2D eigenvalue weighted by molar-refractivity contribution is 7.92. The molecule has 2 fully saturated rings. The number of likely N-dealkylation sites (tertiary alicyclic amines) is 1. The van der Waals surface area contributed by atoms with Gasteiger partial charge in [0.15, 0.2) is 0 Å². The van der Waals surface area contributed by atoms with Gasteiger partial charge in [0.05, 0.1) is 16.1 Å². The minimum Gasteiger partial charge on any atom is -0.478 e. The fourth-order valence-electron chi connectivity index (χ4n) is 4.64. The van der Waals surface area contributed by atoms with Crippen molar-refractivity contribution in [1.29, 1.82) is 0 Å². The third-order valence-corrected chi connectivity index (χ3v) is 7.82. The average Bonchev–Trinajstić information content (AvgIpc) is 3.37. The van der Waals surface area contributed by atoms with Gasteiger partial charge < -0.3 is 20.0 Å². The van der Waals surface area contributed by atoms with Crippen LogP contribution in [0.3, 0.4) is 0 Å². The van der Waals surface area contributed by atoms with Gasteiger partial charge in [0, 0.05) is 25.3 Å². The number of sulfonamides is 1. The molecule has 14 heteroatoms. The van der Waals surface area contributed by atoms with Crippen LogP contribution in [0.1, 0.15) is 36.0 Å². The molecule has 2 heterocycles.